The summed E-state index contributed by atoms with van der Waals surface area (Å²) in [6, 6.07) is 0. The van der Waals surface area contributed by atoms with Gasteiger partial charge in [0.15, 0.2) is 6.10 Å². The van der Waals surface area contributed by atoms with E-state index < -0.39 is 12.1 Å². The van der Waals surface area contributed by atoms with Crippen LogP contribution in [-0.4, -0.2) is 39.3 Å². The van der Waals surface area contributed by atoms with Crippen LogP contribution in [0.3, 0.4) is 0 Å². The number of esters is 1. The summed E-state index contributed by atoms with van der Waals surface area (Å²) >= 11 is 0. The molecule has 0 spiro atoms. The molecule has 0 aliphatic carbocycles. The Balaban J connectivity index is 2.31. The fraction of sp³-hybridized carbons (Fsp3) is 0.667. The quantitative estimate of drug-likeness (QED) is 0.679. The molecule has 0 saturated carbocycles. The minimum Gasteiger partial charge on any atom is -0.451 e. The summed E-state index contributed by atoms with van der Waals surface area (Å²) in [4.78, 5) is 26.9. The lowest BCUT2D eigenvalue weighted by molar-refractivity contribution is -0.155. The molecule has 0 radical (unpaired) electrons. The lowest BCUT2D eigenvalue weighted by Crippen LogP contribution is -2.37. The van der Waals surface area contributed by atoms with Crippen molar-refractivity contribution in [3.8, 4) is 0 Å². The van der Waals surface area contributed by atoms with Crippen LogP contribution in [0.25, 0.3) is 0 Å². The van der Waals surface area contributed by atoms with Gasteiger partial charge in [0.1, 0.15) is 12.9 Å². The van der Waals surface area contributed by atoms with Gasteiger partial charge in [0.2, 0.25) is 5.95 Å². The van der Waals surface area contributed by atoms with E-state index in [9.17, 15) is 9.59 Å². The zero-order chi connectivity index (χ0) is 15.1. The molecule has 1 unspecified atom stereocenters. The van der Waals surface area contributed by atoms with E-state index in [1.54, 1.807) is 0 Å². The van der Waals surface area contributed by atoms with Crippen molar-refractivity contribution in [3.05, 3.63) is 6.33 Å². The second-order valence-electron chi connectivity index (χ2n) is 4.91. The highest BCUT2D eigenvalue weighted by molar-refractivity contribution is 5.83. The van der Waals surface area contributed by atoms with Crippen LogP contribution in [0, 0.1) is 5.92 Å². The number of hydrogen-bond donors (Lipinski definition) is 2. The first-order valence-electron chi connectivity index (χ1n) is 6.50. The first-order chi connectivity index (χ1) is 9.38. The van der Waals surface area contributed by atoms with Crippen LogP contribution in [0.2, 0.25) is 0 Å². The van der Waals surface area contributed by atoms with Crippen molar-refractivity contribution < 1.29 is 14.3 Å². The summed E-state index contributed by atoms with van der Waals surface area (Å²) in [5.41, 5.74) is 5.32. The third-order valence-corrected chi connectivity index (χ3v) is 2.54. The third kappa shape index (κ3) is 5.68. The van der Waals surface area contributed by atoms with Crippen molar-refractivity contribution in [3.63, 3.8) is 0 Å². The number of anilines is 1. The number of carbonyl (C=O) groups excluding carboxylic acids is 2. The summed E-state index contributed by atoms with van der Waals surface area (Å²) < 4.78 is 6.25. The molecular formula is C12H21N5O3. The van der Waals surface area contributed by atoms with Crippen molar-refractivity contribution in [1.82, 2.24) is 20.1 Å². The SMILES string of the molecule is CC(C)CCNC(=O)C(C)OC(=O)Cn1cnc(N)n1. The second-order valence-corrected chi connectivity index (χ2v) is 4.91. The number of rotatable bonds is 7. The molecule has 0 aliphatic rings. The first kappa shape index (κ1) is 15.9. The maximum absolute atomic E-state index is 11.7. The zero-order valence-electron chi connectivity index (χ0n) is 12.0. The highest BCUT2D eigenvalue weighted by Crippen LogP contribution is 1.99. The molecular weight excluding hydrogens is 262 g/mol. The van der Waals surface area contributed by atoms with E-state index in [-0.39, 0.29) is 18.4 Å². The van der Waals surface area contributed by atoms with Gasteiger partial charge in [0, 0.05) is 6.54 Å². The number of aromatic nitrogens is 3. The second kappa shape index (κ2) is 7.46. The maximum Gasteiger partial charge on any atom is 0.328 e. The fourth-order valence-corrected chi connectivity index (χ4v) is 1.43. The molecule has 20 heavy (non-hydrogen) atoms. The average molecular weight is 283 g/mol. The van der Waals surface area contributed by atoms with Crippen LogP contribution >= 0.6 is 0 Å². The Labute approximate surface area is 117 Å². The molecule has 1 amide bonds. The van der Waals surface area contributed by atoms with Crippen molar-refractivity contribution in [1.29, 1.82) is 0 Å². The zero-order valence-corrected chi connectivity index (χ0v) is 12.0. The summed E-state index contributed by atoms with van der Waals surface area (Å²) in [5.74, 6) is -0.290. The molecule has 1 atom stereocenters. The van der Waals surface area contributed by atoms with E-state index in [2.05, 4.69) is 29.2 Å². The molecule has 1 heterocycles. The van der Waals surface area contributed by atoms with Crippen LogP contribution in [0.5, 0.6) is 0 Å². The molecule has 8 heteroatoms. The van der Waals surface area contributed by atoms with Crippen LogP contribution in [0.15, 0.2) is 6.33 Å². The van der Waals surface area contributed by atoms with Crippen molar-refractivity contribution in [2.24, 2.45) is 5.92 Å². The Hall–Kier alpha value is -2.12. The lowest BCUT2D eigenvalue weighted by atomic mass is 10.1. The fourth-order valence-electron chi connectivity index (χ4n) is 1.43. The van der Waals surface area contributed by atoms with Gasteiger partial charge < -0.3 is 15.8 Å². The number of ether oxygens (including phenoxy) is 1. The van der Waals surface area contributed by atoms with E-state index in [1.807, 2.05) is 0 Å². The van der Waals surface area contributed by atoms with Gasteiger partial charge in [-0.25, -0.2) is 9.67 Å². The molecule has 3 N–H and O–H groups in total. The predicted molar refractivity (Wildman–Crippen MR) is 72.5 cm³/mol. The van der Waals surface area contributed by atoms with E-state index >= 15 is 0 Å². The summed E-state index contributed by atoms with van der Waals surface area (Å²) in [5, 5.41) is 6.47. The number of amides is 1. The summed E-state index contributed by atoms with van der Waals surface area (Å²) in [7, 11) is 0. The molecule has 1 aromatic rings. The maximum atomic E-state index is 11.7. The van der Waals surface area contributed by atoms with Gasteiger partial charge in [0.25, 0.3) is 5.91 Å². The molecule has 0 aliphatic heterocycles. The van der Waals surface area contributed by atoms with Crippen molar-refractivity contribution in [2.45, 2.75) is 39.8 Å². The number of nitrogens with one attached hydrogen (secondary N) is 1. The van der Waals surface area contributed by atoms with E-state index in [0.717, 1.165) is 6.42 Å². The minimum atomic E-state index is -0.837. The largest absolute Gasteiger partial charge is 0.451 e. The Morgan fingerprint density at radius 1 is 1.45 bits per heavy atom. The molecule has 0 bridgehead atoms. The topological polar surface area (TPSA) is 112 Å². The smallest absolute Gasteiger partial charge is 0.328 e. The van der Waals surface area contributed by atoms with Gasteiger partial charge in [-0.2, -0.15) is 0 Å². The lowest BCUT2D eigenvalue weighted by Gasteiger charge is -2.14. The van der Waals surface area contributed by atoms with Crippen LogP contribution in [0.1, 0.15) is 27.2 Å². The van der Waals surface area contributed by atoms with Gasteiger partial charge in [-0.05, 0) is 19.3 Å². The minimum absolute atomic E-state index is 0.0808. The highest BCUT2D eigenvalue weighted by Gasteiger charge is 2.17. The normalized spacial score (nSPS) is 12.2. The van der Waals surface area contributed by atoms with Crippen molar-refractivity contribution in [2.75, 3.05) is 12.3 Å². The molecule has 112 valence electrons. The average Bonchev–Trinajstić information content (AvgIpc) is 2.73. The first-order valence-corrected chi connectivity index (χ1v) is 6.50. The van der Waals surface area contributed by atoms with E-state index in [0.29, 0.717) is 12.5 Å². The molecule has 8 nitrogen and oxygen atoms in total. The summed E-state index contributed by atoms with van der Waals surface area (Å²) in [6.07, 6.45) is 1.37. The standard InChI is InChI=1S/C12H21N5O3/c1-8(2)4-5-14-11(19)9(3)20-10(18)6-17-7-15-12(13)16-17/h7-9H,4-6H2,1-3H3,(H2,13,16)(H,14,19). The Bertz CT molecular complexity index is 458. The summed E-state index contributed by atoms with van der Waals surface area (Å²) in [6.45, 7) is 6.10. The number of hydrogen-bond acceptors (Lipinski definition) is 6. The Morgan fingerprint density at radius 2 is 2.15 bits per heavy atom. The number of nitrogens with zero attached hydrogens (tertiary/aromatic N) is 3. The van der Waals surface area contributed by atoms with Gasteiger partial charge in [-0.15, -0.1) is 5.10 Å². The molecule has 0 saturated heterocycles. The van der Waals surface area contributed by atoms with Gasteiger partial charge in [-0.1, -0.05) is 13.8 Å². The predicted octanol–water partition coefficient (Wildman–Crippen LogP) is -0.0457. The van der Waals surface area contributed by atoms with Gasteiger partial charge in [0.05, 0.1) is 0 Å². The number of nitrogen functional groups attached to an aromatic ring is 1. The van der Waals surface area contributed by atoms with E-state index in [1.165, 1.54) is 17.9 Å². The monoisotopic (exact) mass is 283 g/mol. The van der Waals surface area contributed by atoms with E-state index in [4.69, 9.17) is 10.5 Å². The van der Waals surface area contributed by atoms with Gasteiger partial charge in [-0.3, -0.25) is 9.59 Å². The number of nitrogens with two attached hydrogens (primary N) is 1. The third-order valence-electron chi connectivity index (χ3n) is 2.54. The van der Waals surface area contributed by atoms with Crippen molar-refractivity contribution >= 4 is 17.8 Å². The number of carbonyl (C=O) groups is 2. The van der Waals surface area contributed by atoms with Crippen LogP contribution in [0.4, 0.5) is 5.95 Å². The highest BCUT2D eigenvalue weighted by atomic mass is 16.5. The Kier molecular flexibility index (Phi) is 5.95. The molecule has 0 aromatic carbocycles. The molecule has 0 fully saturated rings. The van der Waals surface area contributed by atoms with Crippen LogP contribution in [-0.2, 0) is 20.9 Å². The van der Waals surface area contributed by atoms with Gasteiger partial charge >= 0.3 is 5.97 Å². The molecule has 1 rings (SSSR count). The molecule has 1 aromatic heterocycles. The Morgan fingerprint density at radius 3 is 2.70 bits per heavy atom. The van der Waals surface area contributed by atoms with Crippen LogP contribution < -0.4 is 11.1 Å².